The Balaban J connectivity index is 0. The molecule has 0 aromatic heterocycles. The van der Waals surface area contributed by atoms with E-state index in [4.69, 9.17) is 15.0 Å². The van der Waals surface area contributed by atoms with Crippen LogP contribution in [0.15, 0.2) is 0 Å². The van der Waals surface area contributed by atoms with Crippen LogP contribution in [-0.2, 0) is 4.79 Å². The molecule has 3 nitrogen and oxygen atoms in total. The van der Waals surface area contributed by atoms with Gasteiger partial charge in [-0.25, -0.2) is 4.79 Å². The van der Waals surface area contributed by atoms with Crippen LogP contribution in [0.5, 0.6) is 0 Å². The van der Waals surface area contributed by atoms with E-state index in [2.05, 4.69) is 0 Å². The number of carboxylic acid groups (broad SMARTS) is 1. The van der Waals surface area contributed by atoms with Crippen LogP contribution in [-0.4, -0.2) is 48.6 Å². The van der Waals surface area contributed by atoms with Crippen LogP contribution in [0.3, 0.4) is 0 Å². The summed E-state index contributed by atoms with van der Waals surface area (Å²) >= 11 is 0. The molecule has 0 fully saturated rings. The first kappa shape index (κ1) is 9.57. The maximum atomic E-state index is 9.12. The average molecular weight is 194 g/mol. The third kappa shape index (κ3) is 8.85. The van der Waals surface area contributed by atoms with E-state index >= 15 is 0 Å². The minimum absolute atomic E-state index is 0. The van der Waals surface area contributed by atoms with Crippen LogP contribution < -0.4 is 0 Å². The van der Waals surface area contributed by atoms with Crippen LogP contribution in [0.2, 0.25) is 0 Å². The topological polar surface area (TPSA) is 57.5 Å². The summed E-state index contributed by atoms with van der Waals surface area (Å²) in [5.41, 5.74) is 0. The van der Waals surface area contributed by atoms with Gasteiger partial charge in [-0.15, -0.1) is 0 Å². The Labute approximate surface area is 53.8 Å². The zero-order valence-corrected chi connectivity index (χ0v) is 2.51. The molecule has 0 spiro atoms. The Morgan fingerprint density at radius 3 is 1.83 bits per heavy atom. The van der Waals surface area contributed by atoms with Crippen molar-refractivity contribution in [2.24, 2.45) is 0 Å². The molecule has 2 N–H and O–H groups in total. The van der Waals surface area contributed by atoms with Gasteiger partial charge < -0.3 is 10.2 Å². The molecule has 0 heterocycles. The first-order valence-corrected chi connectivity index (χ1v) is 1.10. The Kier molecular flexibility index (Phi) is 8.45. The molecule has 0 aliphatic heterocycles. The summed E-state index contributed by atoms with van der Waals surface area (Å²) in [5, 5.41) is 15.0. The van der Waals surface area contributed by atoms with Gasteiger partial charge in [0.05, 0.1) is 0 Å². The molecule has 4 heteroatoms. The molecular weight excluding hydrogens is 187 g/mol. The van der Waals surface area contributed by atoms with Gasteiger partial charge in [-0.1, -0.05) is 0 Å². The Morgan fingerprint density at radius 1 is 1.67 bits per heavy atom. The van der Waals surface area contributed by atoms with E-state index in [0.29, 0.717) is 0 Å². The molecule has 0 saturated carbocycles. The molecule has 0 aliphatic carbocycles. The van der Waals surface area contributed by atoms with Crippen LogP contribution >= 0.6 is 0 Å². The molecule has 0 unspecified atom stereocenters. The van der Waals surface area contributed by atoms with Crippen molar-refractivity contribution in [3.8, 4) is 0 Å². The zero-order chi connectivity index (χ0) is 4.28. The van der Waals surface area contributed by atoms with E-state index in [1.807, 2.05) is 0 Å². The van der Waals surface area contributed by atoms with Crippen LogP contribution in [0.1, 0.15) is 0 Å². The number of carboxylic acids is 1. The fourth-order valence-corrected chi connectivity index (χ4v) is 0. The molecule has 0 aromatic carbocycles. The van der Waals surface area contributed by atoms with Crippen LogP contribution in [0, 0.1) is 0 Å². The second-order valence-corrected chi connectivity index (χ2v) is 0.552. The van der Waals surface area contributed by atoms with Crippen molar-refractivity contribution < 1.29 is 15.0 Å². The standard InChI is InChI=1S/C2H4O3.In.3H/c3-1-2(4)5;;;;/h3H,1H2,(H,4,5);;;;. The fourth-order valence-electron chi connectivity index (χ4n) is 0. The van der Waals surface area contributed by atoms with Crippen molar-refractivity contribution in [2.45, 2.75) is 0 Å². The predicted octanol–water partition coefficient (Wildman–Crippen LogP) is -2.12. The number of aliphatic hydroxyl groups is 1. The fraction of sp³-hybridized carbons (Fsp3) is 0.500. The molecule has 0 rings (SSSR count). The predicted molar refractivity (Wildman–Crippen MR) is 24.7 cm³/mol. The van der Waals surface area contributed by atoms with Gasteiger partial charge in [-0.05, 0) is 0 Å². The molecule has 0 radical (unpaired) electrons. The summed E-state index contributed by atoms with van der Waals surface area (Å²) in [6.45, 7) is -0.778. The molecule has 0 atom stereocenters. The summed E-state index contributed by atoms with van der Waals surface area (Å²) in [7, 11) is 0. The molecular formula is C2H7InO3. The molecule has 0 bridgehead atoms. The van der Waals surface area contributed by atoms with Gasteiger partial charge >= 0.3 is 31.8 Å². The van der Waals surface area contributed by atoms with E-state index in [-0.39, 0.29) is 25.8 Å². The van der Waals surface area contributed by atoms with Crippen molar-refractivity contribution >= 4 is 31.8 Å². The van der Waals surface area contributed by atoms with E-state index < -0.39 is 12.6 Å². The monoisotopic (exact) mass is 194 g/mol. The Hall–Kier alpha value is 0.300. The quantitative estimate of drug-likeness (QED) is 0.501. The van der Waals surface area contributed by atoms with Gasteiger partial charge in [0.15, 0.2) is 0 Å². The van der Waals surface area contributed by atoms with Crippen molar-refractivity contribution in [1.82, 2.24) is 0 Å². The number of carbonyl (C=O) groups is 1. The number of hydrogen-bond acceptors (Lipinski definition) is 2. The van der Waals surface area contributed by atoms with E-state index in [9.17, 15) is 0 Å². The van der Waals surface area contributed by atoms with Crippen molar-refractivity contribution in [3.63, 3.8) is 0 Å². The number of hydrogen-bond donors (Lipinski definition) is 2. The normalized spacial score (nSPS) is 6.17. The Morgan fingerprint density at radius 2 is 1.83 bits per heavy atom. The van der Waals surface area contributed by atoms with Gasteiger partial charge in [0.25, 0.3) is 0 Å². The van der Waals surface area contributed by atoms with Gasteiger partial charge in [-0.3, -0.25) is 0 Å². The molecule has 0 amide bonds. The molecule has 0 aliphatic rings. The summed E-state index contributed by atoms with van der Waals surface area (Å²) in [6.07, 6.45) is 0. The summed E-state index contributed by atoms with van der Waals surface area (Å²) in [4.78, 5) is 9.12. The third-order valence-corrected chi connectivity index (χ3v) is 0.135. The van der Waals surface area contributed by atoms with Crippen LogP contribution in [0.25, 0.3) is 0 Å². The second kappa shape index (κ2) is 5.30. The Bertz CT molecular complexity index is 44.1. The van der Waals surface area contributed by atoms with E-state index in [1.54, 1.807) is 0 Å². The zero-order valence-electron chi connectivity index (χ0n) is 2.51. The summed E-state index contributed by atoms with van der Waals surface area (Å²) < 4.78 is 0. The molecule has 0 aromatic rings. The molecule has 0 saturated heterocycles. The van der Waals surface area contributed by atoms with Gasteiger partial charge in [-0.2, -0.15) is 0 Å². The SMILES string of the molecule is O=C(O)CO.[InH3]. The molecule has 36 valence electrons. The minimum atomic E-state index is -1.19. The van der Waals surface area contributed by atoms with Crippen LogP contribution in [0.4, 0.5) is 0 Å². The van der Waals surface area contributed by atoms with Gasteiger partial charge in [0, 0.05) is 0 Å². The van der Waals surface area contributed by atoms with Gasteiger partial charge in [0.1, 0.15) is 6.61 Å². The molecule has 6 heavy (non-hydrogen) atoms. The summed E-state index contributed by atoms with van der Waals surface area (Å²) in [5.74, 6) is -1.19. The first-order valence-electron chi connectivity index (χ1n) is 1.10. The second-order valence-electron chi connectivity index (χ2n) is 0.552. The third-order valence-electron chi connectivity index (χ3n) is 0.135. The number of rotatable bonds is 1. The van der Waals surface area contributed by atoms with Crippen molar-refractivity contribution in [1.29, 1.82) is 0 Å². The van der Waals surface area contributed by atoms with Gasteiger partial charge in [0.2, 0.25) is 0 Å². The first-order chi connectivity index (χ1) is 2.27. The van der Waals surface area contributed by atoms with E-state index in [0.717, 1.165) is 0 Å². The van der Waals surface area contributed by atoms with Crippen molar-refractivity contribution in [2.75, 3.05) is 6.61 Å². The number of aliphatic carboxylic acids is 1. The average Bonchev–Trinajstić information content (AvgIpc) is 1.38. The summed E-state index contributed by atoms with van der Waals surface area (Å²) in [6, 6.07) is 0. The maximum absolute atomic E-state index is 9.12. The number of aliphatic hydroxyl groups excluding tert-OH is 1. The van der Waals surface area contributed by atoms with E-state index in [1.165, 1.54) is 0 Å². The van der Waals surface area contributed by atoms with Crippen molar-refractivity contribution in [3.05, 3.63) is 0 Å².